The number of rotatable bonds is 3. The van der Waals surface area contributed by atoms with Crippen molar-refractivity contribution in [1.29, 1.82) is 0 Å². The molecule has 0 N–H and O–H groups in total. The molecule has 0 radical (unpaired) electrons. The van der Waals surface area contributed by atoms with Crippen molar-refractivity contribution in [2.45, 2.75) is 37.1 Å². The van der Waals surface area contributed by atoms with Gasteiger partial charge in [0.05, 0.1) is 14.2 Å². The molecule has 1 fully saturated rings. The Kier molecular flexibility index (Phi) is 3.36. The number of ether oxygens (including phenoxy) is 2. The lowest BCUT2D eigenvalue weighted by Crippen LogP contribution is -2.44. The molecule has 3 nitrogen and oxygen atoms in total. The molecule has 108 valence electrons. The summed E-state index contributed by atoms with van der Waals surface area (Å²) in [5, 5.41) is 0. The van der Waals surface area contributed by atoms with Crippen LogP contribution in [0.5, 0.6) is 11.5 Å². The highest BCUT2D eigenvalue weighted by atomic mass is 16.5. The first-order valence-electron chi connectivity index (χ1n) is 7.33. The first-order valence-corrected chi connectivity index (χ1v) is 7.33. The number of fused-ring (bicyclic) bond motifs is 2. The van der Waals surface area contributed by atoms with Crippen molar-refractivity contribution in [3.8, 4) is 11.5 Å². The highest BCUT2D eigenvalue weighted by Gasteiger charge is 2.41. The third kappa shape index (κ3) is 1.96. The molecule has 1 aromatic carbocycles. The Bertz CT molecular complexity index is 526. The molecule has 2 unspecified atom stereocenters. The molecule has 1 heterocycles. The second kappa shape index (κ2) is 5.04. The van der Waals surface area contributed by atoms with E-state index in [0.29, 0.717) is 6.04 Å². The number of methoxy groups -OCH3 is 2. The van der Waals surface area contributed by atoms with Crippen LogP contribution >= 0.6 is 0 Å². The van der Waals surface area contributed by atoms with Crippen LogP contribution in [0, 0.1) is 0 Å². The highest BCUT2D eigenvalue weighted by molar-refractivity contribution is 5.52. The molecule has 20 heavy (non-hydrogen) atoms. The lowest BCUT2D eigenvalue weighted by atomic mass is 9.66. The van der Waals surface area contributed by atoms with Crippen LogP contribution in [0.1, 0.15) is 31.2 Å². The molecule has 0 saturated heterocycles. The fourth-order valence-electron chi connectivity index (χ4n) is 3.77. The monoisotopic (exact) mass is 273 g/mol. The van der Waals surface area contributed by atoms with Crippen LogP contribution < -0.4 is 9.47 Å². The van der Waals surface area contributed by atoms with Crippen LogP contribution in [0.3, 0.4) is 0 Å². The van der Waals surface area contributed by atoms with E-state index < -0.39 is 0 Å². The van der Waals surface area contributed by atoms with Crippen LogP contribution in [-0.4, -0.2) is 32.2 Å². The molecule has 0 amide bonds. The maximum absolute atomic E-state index is 5.66. The summed E-state index contributed by atoms with van der Waals surface area (Å²) in [5.41, 5.74) is 1.38. The average molecular weight is 273 g/mol. The smallest absolute Gasteiger partial charge is 0.164 e. The zero-order chi connectivity index (χ0) is 14.2. The fraction of sp³-hybridized carbons (Fsp3) is 0.529. The molecule has 0 spiro atoms. The third-order valence-corrected chi connectivity index (χ3v) is 4.90. The molecule has 2 bridgehead atoms. The number of allylic oxidation sites excluding steroid dienone is 1. The second-order valence-corrected chi connectivity index (χ2v) is 5.93. The van der Waals surface area contributed by atoms with Gasteiger partial charge in [-0.1, -0.05) is 24.6 Å². The predicted molar refractivity (Wildman–Crippen MR) is 80.4 cm³/mol. The predicted octanol–water partition coefficient (Wildman–Crippen LogP) is 3.34. The van der Waals surface area contributed by atoms with Crippen LogP contribution in [0.4, 0.5) is 0 Å². The number of nitrogens with zero attached hydrogens (tertiary/aromatic N) is 1. The van der Waals surface area contributed by atoms with E-state index in [1.807, 2.05) is 6.07 Å². The van der Waals surface area contributed by atoms with E-state index in [9.17, 15) is 0 Å². The summed E-state index contributed by atoms with van der Waals surface area (Å²) in [6.07, 6.45) is 9.52. The Labute approximate surface area is 121 Å². The summed E-state index contributed by atoms with van der Waals surface area (Å²) in [6, 6.07) is 6.88. The minimum atomic E-state index is 0.106. The quantitative estimate of drug-likeness (QED) is 0.843. The normalized spacial score (nSPS) is 28.4. The Morgan fingerprint density at radius 3 is 2.85 bits per heavy atom. The molecule has 1 aromatic rings. The number of hydrogen-bond acceptors (Lipinski definition) is 3. The minimum Gasteiger partial charge on any atom is -0.493 e. The van der Waals surface area contributed by atoms with E-state index in [4.69, 9.17) is 9.47 Å². The molecule has 2 aliphatic rings. The van der Waals surface area contributed by atoms with Gasteiger partial charge in [0.2, 0.25) is 0 Å². The van der Waals surface area contributed by atoms with Gasteiger partial charge in [0, 0.05) is 24.1 Å². The van der Waals surface area contributed by atoms with Gasteiger partial charge in [-0.05, 0) is 31.5 Å². The highest BCUT2D eigenvalue weighted by Crippen LogP contribution is 2.49. The lowest BCUT2D eigenvalue weighted by Gasteiger charge is -2.46. The largest absolute Gasteiger partial charge is 0.493 e. The van der Waals surface area contributed by atoms with Gasteiger partial charge in [0.15, 0.2) is 11.5 Å². The SMILES string of the molecule is COc1cccc(C23C=CN(C)C(CCC2)C3)c1OC. The van der Waals surface area contributed by atoms with Crippen molar-refractivity contribution in [1.82, 2.24) is 4.90 Å². The molecule has 3 rings (SSSR count). The van der Waals surface area contributed by atoms with Gasteiger partial charge >= 0.3 is 0 Å². The average Bonchev–Trinajstić information content (AvgIpc) is 2.51. The van der Waals surface area contributed by atoms with Crippen LogP contribution in [-0.2, 0) is 5.41 Å². The van der Waals surface area contributed by atoms with Crippen LogP contribution in [0.15, 0.2) is 30.5 Å². The summed E-state index contributed by atoms with van der Waals surface area (Å²) in [7, 11) is 5.61. The molecule has 1 saturated carbocycles. The first kappa shape index (κ1) is 13.3. The Morgan fingerprint density at radius 2 is 2.10 bits per heavy atom. The number of hydrogen-bond donors (Lipinski definition) is 0. The van der Waals surface area contributed by atoms with Crippen LogP contribution in [0.25, 0.3) is 0 Å². The molecular formula is C17H23NO2. The van der Waals surface area contributed by atoms with Gasteiger partial charge in [-0.3, -0.25) is 0 Å². The summed E-state index contributed by atoms with van der Waals surface area (Å²) in [5.74, 6) is 1.72. The van der Waals surface area contributed by atoms with Gasteiger partial charge in [0.1, 0.15) is 0 Å². The zero-order valence-electron chi connectivity index (χ0n) is 12.6. The lowest BCUT2D eigenvalue weighted by molar-refractivity contribution is 0.176. The maximum atomic E-state index is 5.66. The van der Waals surface area contributed by atoms with Crippen molar-refractivity contribution in [2.24, 2.45) is 0 Å². The van der Waals surface area contributed by atoms with Gasteiger partial charge in [-0.25, -0.2) is 0 Å². The molecule has 1 aliphatic heterocycles. The molecule has 2 atom stereocenters. The van der Waals surface area contributed by atoms with E-state index in [1.54, 1.807) is 14.2 Å². The van der Waals surface area contributed by atoms with Gasteiger partial charge in [-0.15, -0.1) is 0 Å². The first-order chi connectivity index (χ1) is 9.70. The fourth-order valence-corrected chi connectivity index (χ4v) is 3.77. The Balaban J connectivity index is 2.10. The zero-order valence-corrected chi connectivity index (χ0v) is 12.6. The summed E-state index contributed by atoms with van der Waals surface area (Å²) >= 11 is 0. The van der Waals surface area contributed by atoms with E-state index in [0.717, 1.165) is 11.5 Å². The van der Waals surface area contributed by atoms with E-state index in [2.05, 4.69) is 36.4 Å². The van der Waals surface area contributed by atoms with Crippen molar-refractivity contribution in [3.63, 3.8) is 0 Å². The van der Waals surface area contributed by atoms with E-state index in [1.165, 1.54) is 31.2 Å². The third-order valence-electron chi connectivity index (χ3n) is 4.90. The van der Waals surface area contributed by atoms with Gasteiger partial charge < -0.3 is 14.4 Å². The van der Waals surface area contributed by atoms with E-state index in [-0.39, 0.29) is 5.41 Å². The Morgan fingerprint density at radius 1 is 1.25 bits per heavy atom. The van der Waals surface area contributed by atoms with Crippen molar-refractivity contribution < 1.29 is 9.47 Å². The minimum absolute atomic E-state index is 0.106. The number of para-hydroxylation sites is 1. The summed E-state index contributed by atoms with van der Waals surface area (Å²) in [6.45, 7) is 0. The van der Waals surface area contributed by atoms with Gasteiger partial charge in [-0.2, -0.15) is 0 Å². The molecule has 3 heteroatoms. The second-order valence-electron chi connectivity index (χ2n) is 5.93. The summed E-state index contributed by atoms with van der Waals surface area (Å²) < 4.78 is 11.1. The van der Waals surface area contributed by atoms with Crippen molar-refractivity contribution in [3.05, 3.63) is 36.0 Å². The summed E-state index contributed by atoms with van der Waals surface area (Å²) in [4.78, 5) is 2.35. The topological polar surface area (TPSA) is 21.7 Å². The van der Waals surface area contributed by atoms with Crippen LogP contribution in [0.2, 0.25) is 0 Å². The van der Waals surface area contributed by atoms with Gasteiger partial charge in [0.25, 0.3) is 0 Å². The Hall–Kier alpha value is -1.64. The van der Waals surface area contributed by atoms with Crippen molar-refractivity contribution in [2.75, 3.05) is 21.3 Å². The standard InChI is InChI=1S/C17H23NO2/c1-18-11-10-17(9-5-6-13(18)12-17)14-7-4-8-15(19-2)16(14)20-3/h4,7-8,10-11,13H,5-6,9,12H2,1-3H3. The molecule has 0 aromatic heterocycles. The maximum Gasteiger partial charge on any atom is 0.164 e. The van der Waals surface area contributed by atoms with E-state index >= 15 is 0 Å². The molecule has 1 aliphatic carbocycles. The number of benzene rings is 1. The van der Waals surface area contributed by atoms with Crippen molar-refractivity contribution >= 4 is 0 Å². The molecular weight excluding hydrogens is 250 g/mol.